The molecule has 0 radical (unpaired) electrons. The first-order valence-electron chi connectivity index (χ1n) is 7.21. The van der Waals surface area contributed by atoms with Gasteiger partial charge in [0.1, 0.15) is 0 Å². The summed E-state index contributed by atoms with van der Waals surface area (Å²) in [4.78, 5) is 34.3. The third kappa shape index (κ3) is 4.29. The maximum absolute atomic E-state index is 12.3. The van der Waals surface area contributed by atoms with Crippen LogP contribution in [-0.4, -0.2) is 24.0 Å². The maximum Gasteiger partial charge on any atom is 0.339 e. The zero-order valence-electron chi connectivity index (χ0n) is 13.4. The van der Waals surface area contributed by atoms with Crippen molar-refractivity contribution in [2.24, 2.45) is 0 Å². The molecule has 1 unspecified atom stereocenters. The van der Waals surface area contributed by atoms with Gasteiger partial charge in [-0.3, -0.25) is 10.1 Å². The molecule has 0 aliphatic carbocycles. The summed E-state index contributed by atoms with van der Waals surface area (Å²) in [5.41, 5.74) is 0.443. The fourth-order valence-corrected chi connectivity index (χ4v) is 2.10. The number of ether oxygens (including phenoxy) is 2. The molecule has 0 saturated heterocycles. The Morgan fingerprint density at radius 3 is 2.20 bits per heavy atom. The molecule has 0 bridgehead atoms. The Labute approximate surface area is 143 Å². The highest BCUT2D eigenvalue weighted by molar-refractivity contribution is 5.92. The number of carbonyl (C=O) groups is 2. The van der Waals surface area contributed by atoms with E-state index < -0.39 is 23.0 Å². The monoisotopic (exact) mass is 341 g/mol. The van der Waals surface area contributed by atoms with Crippen LogP contribution in [0.4, 0.5) is 5.69 Å². The lowest BCUT2D eigenvalue weighted by atomic mass is 10.0. The smallest absolute Gasteiger partial charge is 0.339 e. The minimum Gasteiger partial charge on any atom is -0.466 e. The van der Waals surface area contributed by atoms with Gasteiger partial charge in [-0.2, -0.15) is 0 Å². The van der Waals surface area contributed by atoms with E-state index >= 15 is 0 Å². The summed E-state index contributed by atoms with van der Waals surface area (Å²) in [6.45, 7) is 3.62. The van der Waals surface area contributed by atoms with E-state index in [4.69, 9.17) is 4.74 Å². The molecule has 7 heteroatoms. The van der Waals surface area contributed by atoms with E-state index in [1.54, 1.807) is 30.3 Å². The first-order chi connectivity index (χ1) is 11.9. The second-order valence-electron chi connectivity index (χ2n) is 5.02. The molecular formula is C18H15NO6. The van der Waals surface area contributed by atoms with Crippen LogP contribution in [0, 0.1) is 10.1 Å². The van der Waals surface area contributed by atoms with E-state index in [1.165, 1.54) is 31.4 Å². The summed E-state index contributed by atoms with van der Waals surface area (Å²) in [6.07, 6.45) is -1.12. The predicted molar refractivity (Wildman–Crippen MR) is 88.9 cm³/mol. The minimum absolute atomic E-state index is 0.0966. The molecular weight excluding hydrogens is 326 g/mol. The summed E-state index contributed by atoms with van der Waals surface area (Å²) in [7, 11) is 1.18. The Bertz CT molecular complexity index is 798. The Kier molecular flexibility index (Phi) is 5.62. The van der Waals surface area contributed by atoms with E-state index in [9.17, 15) is 19.7 Å². The summed E-state index contributed by atoms with van der Waals surface area (Å²) in [5.74, 6) is -1.40. The highest BCUT2D eigenvalue weighted by atomic mass is 16.6. The molecule has 25 heavy (non-hydrogen) atoms. The molecule has 0 amide bonds. The van der Waals surface area contributed by atoms with Gasteiger partial charge in [-0.1, -0.05) is 24.8 Å². The number of nitro benzene ring substituents is 1. The molecule has 0 aliphatic rings. The fourth-order valence-electron chi connectivity index (χ4n) is 2.10. The van der Waals surface area contributed by atoms with Gasteiger partial charge in [0.05, 0.1) is 23.2 Å². The van der Waals surface area contributed by atoms with Crippen molar-refractivity contribution in [3.05, 3.63) is 88.0 Å². The normalized spacial score (nSPS) is 11.2. The van der Waals surface area contributed by atoms with Crippen LogP contribution in [0.3, 0.4) is 0 Å². The second kappa shape index (κ2) is 7.87. The van der Waals surface area contributed by atoms with Crippen molar-refractivity contribution >= 4 is 17.6 Å². The van der Waals surface area contributed by atoms with Crippen LogP contribution in [0.5, 0.6) is 0 Å². The average molecular weight is 341 g/mol. The standard InChI is InChI=1S/C18H15NO6/c1-12(17(20)24-2)16(13-8-10-15(11-9-13)19(22)23)25-18(21)14-6-4-3-5-7-14/h3-11,16H,1H2,2H3. The van der Waals surface area contributed by atoms with Crippen molar-refractivity contribution in [2.45, 2.75) is 6.10 Å². The van der Waals surface area contributed by atoms with Crippen LogP contribution in [-0.2, 0) is 14.3 Å². The summed E-state index contributed by atoms with van der Waals surface area (Å²) >= 11 is 0. The maximum atomic E-state index is 12.3. The Morgan fingerprint density at radius 1 is 1.08 bits per heavy atom. The first-order valence-corrected chi connectivity index (χ1v) is 7.21. The third-order valence-corrected chi connectivity index (χ3v) is 3.41. The van der Waals surface area contributed by atoms with Crippen molar-refractivity contribution < 1.29 is 24.0 Å². The third-order valence-electron chi connectivity index (χ3n) is 3.41. The zero-order chi connectivity index (χ0) is 18.4. The Balaban J connectivity index is 2.33. The van der Waals surface area contributed by atoms with Crippen LogP contribution in [0.25, 0.3) is 0 Å². The molecule has 0 heterocycles. The molecule has 0 aliphatic heterocycles. The van der Waals surface area contributed by atoms with Gasteiger partial charge in [0.25, 0.3) is 5.69 Å². The average Bonchev–Trinajstić information content (AvgIpc) is 2.65. The zero-order valence-corrected chi connectivity index (χ0v) is 13.4. The van der Waals surface area contributed by atoms with E-state index in [-0.39, 0.29) is 11.3 Å². The van der Waals surface area contributed by atoms with Crippen LogP contribution in [0.2, 0.25) is 0 Å². The summed E-state index contributed by atoms with van der Waals surface area (Å²) in [6, 6.07) is 13.5. The van der Waals surface area contributed by atoms with E-state index in [0.29, 0.717) is 11.1 Å². The van der Waals surface area contributed by atoms with Gasteiger partial charge in [0.2, 0.25) is 0 Å². The highest BCUT2D eigenvalue weighted by Gasteiger charge is 2.26. The Hall–Kier alpha value is -3.48. The molecule has 0 saturated carbocycles. The number of nitrogens with zero attached hydrogens (tertiary/aromatic N) is 1. The minimum atomic E-state index is -1.12. The quantitative estimate of drug-likeness (QED) is 0.346. The lowest BCUT2D eigenvalue weighted by molar-refractivity contribution is -0.384. The van der Waals surface area contributed by atoms with Gasteiger partial charge in [-0.05, 0) is 29.8 Å². The van der Waals surface area contributed by atoms with Crippen molar-refractivity contribution in [3.63, 3.8) is 0 Å². The number of carbonyl (C=O) groups excluding carboxylic acids is 2. The number of methoxy groups -OCH3 is 1. The second-order valence-corrected chi connectivity index (χ2v) is 5.02. The fraction of sp³-hybridized carbons (Fsp3) is 0.111. The summed E-state index contributed by atoms with van der Waals surface area (Å²) < 4.78 is 10.0. The molecule has 2 rings (SSSR count). The molecule has 2 aromatic rings. The number of hydrogen-bond acceptors (Lipinski definition) is 6. The number of non-ortho nitro benzene ring substituents is 1. The van der Waals surface area contributed by atoms with Crippen molar-refractivity contribution in [2.75, 3.05) is 7.11 Å². The molecule has 1 atom stereocenters. The summed E-state index contributed by atoms with van der Waals surface area (Å²) in [5, 5.41) is 10.8. The molecule has 0 aromatic heterocycles. The van der Waals surface area contributed by atoms with Crippen LogP contribution in [0.1, 0.15) is 22.0 Å². The lowest BCUT2D eigenvalue weighted by Crippen LogP contribution is -2.19. The van der Waals surface area contributed by atoms with Crippen molar-refractivity contribution in [3.8, 4) is 0 Å². The SMILES string of the molecule is C=C(C(=O)OC)C(OC(=O)c1ccccc1)c1ccc([N+](=O)[O-])cc1. The van der Waals surface area contributed by atoms with Crippen LogP contribution >= 0.6 is 0 Å². The van der Waals surface area contributed by atoms with Crippen LogP contribution in [0.15, 0.2) is 66.7 Å². The molecule has 0 N–H and O–H groups in total. The number of benzene rings is 2. The van der Waals surface area contributed by atoms with Gasteiger partial charge >= 0.3 is 11.9 Å². The molecule has 7 nitrogen and oxygen atoms in total. The Morgan fingerprint density at radius 2 is 1.68 bits per heavy atom. The number of esters is 2. The van der Waals surface area contributed by atoms with Gasteiger partial charge < -0.3 is 9.47 Å². The van der Waals surface area contributed by atoms with E-state index in [2.05, 4.69) is 11.3 Å². The topological polar surface area (TPSA) is 95.7 Å². The van der Waals surface area contributed by atoms with Gasteiger partial charge in [-0.15, -0.1) is 0 Å². The molecule has 128 valence electrons. The van der Waals surface area contributed by atoms with E-state index in [1.807, 2.05) is 0 Å². The molecule has 0 spiro atoms. The van der Waals surface area contributed by atoms with E-state index in [0.717, 1.165) is 0 Å². The molecule has 2 aromatic carbocycles. The van der Waals surface area contributed by atoms with Gasteiger partial charge in [0.15, 0.2) is 6.10 Å². The van der Waals surface area contributed by atoms with Crippen molar-refractivity contribution in [1.29, 1.82) is 0 Å². The highest BCUT2D eigenvalue weighted by Crippen LogP contribution is 2.28. The lowest BCUT2D eigenvalue weighted by Gasteiger charge is -2.19. The van der Waals surface area contributed by atoms with Crippen LogP contribution < -0.4 is 0 Å². The molecule has 0 fully saturated rings. The number of hydrogen-bond donors (Lipinski definition) is 0. The number of nitro groups is 1. The van der Waals surface area contributed by atoms with Crippen molar-refractivity contribution in [1.82, 2.24) is 0 Å². The van der Waals surface area contributed by atoms with Gasteiger partial charge in [-0.25, -0.2) is 9.59 Å². The predicted octanol–water partition coefficient (Wildman–Crippen LogP) is 3.22. The number of rotatable bonds is 6. The largest absolute Gasteiger partial charge is 0.466 e. The van der Waals surface area contributed by atoms with Gasteiger partial charge in [0, 0.05) is 12.1 Å². The first kappa shape index (κ1) is 17.9.